The van der Waals surface area contributed by atoms with Gasteiger partial charge in [-0.25, -0.2) is 9.97 Å². The van der Waals surface area contributed by atoms with Crippen molar-refractivity contribution < 1.29 is 22.3 Å². The Bertz CT molecular complexity index is 1590. The lowest BCUT2D eigenvalue weighted by Crippen LogP contribution is -2.24. The van der Waals surface area contributed by atoms with Crippen LogP contribution in [-0.4, -0.2) is 42.1 Å². The molecule has 0 radical (unpaired) electrons. The van der Waals surface area contributed by atoms with E-state index < -0.39 is 24.3 Å². The molecule has 4 aromatic heterocycles. The summed E-state index contributed by atoms with van der Waals surface area (Å²) in [5.74, 6) is -1.11. The summed E-state index contributed by atoms with van der Waals surface area (Å²) in [7, 11) is 1.77. The van der Waals surface area contributed by atoms with E-state index in [0.717, 1.165) is 27.7 Å². The molecule has 1 aromatic carbocycles. The van der Waals surface area contributed by atoms with Gasteiger partial charge in [-0.2, -0.15) is 27.6 Å². The summed E-state index contributed by atoms with van der Waals surface area (Å²) in [6.07, 6.45) is -1.66. The highest BCUT2D eigenvalue weighted by Crippen LogP contribution is 2.25. The van der Waals surface area contributed by atoms with E-state index in [0.29, 0.717) is 5.56 Å². The molecule has 0 aliphatic rings. The van der Waals surface area contributed by atoms with Gasteiger partial charge in [-0.1, -0.05) is 6.07 Å². The number of ether oxygens (including phenoxy) is 1. The number of hydrogen-bond donors (Lipinski definition) is 0. The van der Waals surface area contributed by atoms with E-state index in [1.54, 1.807) is 36.1 Å². The molecular weight excluding hydrogens is 456 g/mol. The lowest BCUT2D eigenvalue weighted by atomic mass is 10.1. The normalized spacial score (nSPS) is 11.9. The molecule has 0 aliphatic heterocycles. The first-order chi connectivity index (χ1) is 16.2. The molecule has 5 aromatic rings. The summed E-state index contributed by atoms with van der Waals surface area (Å²) in [5, 5.41) is 5.09. The molecule has 8 nitrogen and oxygen atoms in total. The number of aromatic nitrogens is 6. The van der Waals surface area contributed by atoms with E-state index in [-0.39, 0.29) is 28.4 Å². The van der Waals surface area contributed by atoms with Crippen LogP contribution in [0.25, 0.3) is 39.0 Å². The Labute approximate surface area is 188 Å². The molecule has 0 atom stereocenters. The standard InChI is InChI=1S/C22H14F4N6O2/c1-31-10-13-8-12(2-4-15(13)30-31)19-21(33)32(14-3-6-17(23)27-9-14)20-16(28-19)5-7-18(29-20)34-11-22(24,25)26/h2-10H,11H2,1H3. The maximum atomic E-state index is 13.5. The minimum atomic E-state index is -4.57. The van der Waals surface area contributed by atoms with Crippen LogP contribution in [0.4, 0.5) is 17.6 Å². The molecule has 0 bridgehead atoms. The average Bonchev–Trinajstić information content (AvgIpc) is 3.17. The number of aryl methyl sites for hydroxylation is 1. The highest BCUT2D eigenvalue weighted by Gasteiger charge is 2.29. The van der Waals surface area contributed by atoms with E-state index in [1.807, 2.05) is 0 Å². The minimum Gasteiger partial charge on any atom is -0.468 e. The van der Waals surface area contributed by atoms with Crippen molar-refractivity contribution in [1.29, 1.82) is 0 Å². The van der Waals surface area contributed by atoms with Crippen molar-refractivity contribution in [3.05, 3.63) is 71.2 Å². The maximum absolute atomic E-state index is 13.5. The number of alkyl halides is 3. The van der Waals surface area contributed by atoms with Gasteiger partial charge in [0.25, 0.3) is 5.56 Å². The lowest BCUT2D eigenvalue weighted by Gasteiger charge is -2.13. The zero-order chi connectivity index (χ0) is 24.0. The van der Waals surface area contributed by atoms with Crippen molar-refractivity contribution in [3.8, 4) is 22.8 Å². The van der Waals surface area contributed by atoms with Crippen LogP contribution in [0.5, 0.6) is 5.88 Å². The van der Waals surface area contributed by atoms with E-state index in [2.05, 4.69) is 20.1 Å². The van der Waals surface area contributed by atoms with Crippen LogP contribution in [0.15, 0.2) is 59.7 Å². The summed E-state index contributed by atoms with van der Waals surface area (Å²) in [6, 6.07) is 10.2. The van der Waals surface area contributed by atoms with Crippen molar-refractivity contribution in [1.82, 2.24) is 29.3 Å². The molecule has 0 fully saturated rings. The molecule has 0 saturated heterocycles. The predicted octanol–water partition coefficient (Wildman–Crippen LogP) is 3.81. The minimum absolute atomic E-state index is 0.0633. The molecule has 0 unspecified atom stereocenters. The van der Waals surface area contributed by atoms with Crippen molar-refractivity contribution >= 4 is 22.1 Å². The first-order valence-corrected chi connectivity index (χ1v) is 9.87. The highest BCUT2D eigenvalue weighted by atomic mass is 19.4. The molecule has 12 heteroatoms. The van der Waals surface area contributed by atoms with Gasteiger partial charge in [-0.05, 0) is 30.3 Å². The first-order valence-electron chi connectivity index (χ1n) is 9.87. The van der Waals surface area contributed by atoms with Crippen LogP contribution in [0.1, 0.15) is 0 Å². The van der Waals surface area contributed by atoms with E-state index in [1.165, 1.54) is 18.2 Å². The fraction of sp³-hybridized carbons (Fsp3) is 0.136. The third-order valence-electron chi connectivity index (χ3n) is 4.92. The summed E-state index contributed by atoms with van der Waals surface area (Å²) in [6.45, 7) is -1.55. The quantitative estimate of drug-likeness (QED) is 0.293. The van der Waals surface area contributed by atoms with Crippen LogP contribution in [0, 0.1) is 5.95 Å². The van der Waals surface area contributed by atoms with Gasteiger partial charge in [0.1, 0.15) is 11.2 Å². The number of fused-ring (bicyclic) bond motifs is 2. The Morgan fingerprint density at radius 3 is 2.56 bits per heavy atom. The molecule has 0 aliphatic carbocycles. The zero-order valence-corrected chi connectivity index (χ0v) is 17.4. The zero-order valence-electron chi connectivity index (χ0n) is 17.4. The summed E-state index contributed by atoms with van der Waals surface area (Å²) in [5.41, 5.74) is 0.964. The summed E-state index contributed by atoms with van der Waals surface area (Å²) in [4.78, 5) is 25.6. The van der Waals surface area contributed by atoms with Gasteiger partial charge in [-0.15, -0.1) is 0 Å². The second kappa shape index (κ2) is 7.90. The van der Waals surface area contributed by atoms with Gasteiger partial charge in [-0.3, -0.25) is 14.0 Å². The average molecular weight is 470 g/mol. The van der Waals surface area contributed by atoms with Crippen LogP contribution in [0.2, 0.25) is 0 Å². The topological polar surface area (TPSA) is 87.7 Å². The van der Waals surface area contributed by atoms with Crippen molar-refractivity contribution in [2.24, 2.45) is 7.05 Å². The number of nitrogens with zero attached hydrogens (tertiary/aromatic N) is 6. The van der Waals surface area contributed by atoms with Gasteiger partial charge in [0, 0.05) is 30.3 Å². The van der Waals surface area contributed by atoms with Crippen molar-refractivity contribution in [3.63, 3.8) is 0 Å². The van der Waals surface area contributed by atoms with Crippen LogP contribution < -0.4 is 10.3 Å². The second-order valence-corrected chi connectivity index (χ2v) is 7.41. The largest absolute Gasteiger partial charge is 0.468 e. The van der Waals surface area contributed by atoms with Gasteiger partial charge in [0.15, 0.2) is 12.3 Å². The van der Waals surface area contributed by atoms with Gasteiger partial charge >= 0.3 is 6.18 Å². The second-order valence-electron chi connectivity index (χ2n) is 7.41. The van der Waals surface area contributed by atoms with E-state index in [4.69, 9.17) is 4.74 Å². The molecule has 0 saturated carbocycles. The molecule has 172 valence electrons. The molecular formula is C22H14F4N6O2. The molecule has 0 N–H and O–H groups in total. The van der Waals surface area contributed by atoms with Crippen molar-refractivity contribution in [2.45, 2.75) is 6.18 Å². The molecule has 0 amide bonds. The third kappa shape index (κ3) is 4.05. The maximum Gasteiger partial charge on any atom is 0.422 e. The first kappa shape index (κ1) is 21.5. The Hall–Kier alpha value is -4.35. The summed E-state index contributed by atoms with van der Waals surface area (Å²) >= 11 is 0. The van der Waals surface area contributed by atoms with Gasteiger partial charge in [0.2, 0.25) is 11.8 Å². The SMILES string of the molecule is Cn1cc2cc(-c3nc4ccc(OCC(F)(F)F)nc4n(-c4ccc(F)nc4)c3=O)ccc2n1. The third-order valence-corrected chi connectivity index (χ3v) is 4.92. The van der Waals surface area contributed by atoms with Crippen LogP contribution >= 0.6 is 0 Å². The number of pyridine rings is 2. The Balaban J connectivity index is 1.73. The molecule has 0 spiro atoms. The monoisotopic (exact) mass is 470 g/mol. The van der Waals surface area contributed by atoms with Gasteiger partial charge in [0.05, 0.1) is 17.4 Å². The Morgan fingerprint density at radius 1 is 1.03 bits per heavy atom. The van der Waals surface area contributed by atoms with Gasteiger partial charge < -0.3 is 4.74 Å². The molecule has 5 rings (SSSR count). The van der Waals surface area contributed by atoms with Crippen LogP contribution in [0.3, 0.4) is 0 Å². The fourth-order valence-electron chi connectivity index (χ4n) is 3.51. The van der Waals surface area contributed by atoms with Crippen molar-refractivity contribution in [2.75, 3.05) is 6.61 Å². The smallest absolute Gasteiger partial charge is 0.422 e. The van der Waals surface area contributed by atoms with E-state index >= 15 is 0 Å². The number of rotatable bonds is 4. The fourth-order valence-corrected chi connectivity index (χ4v) is 3.51. The molecule has 34 heavy (non-hydrogen) atoms. The predicted molar refractivity (Wildman–Crippen MR) is 114 cm³/mol. The number of hydrogen-bond acceptors (Lipinski definition) is 6. The highest BCUT2D eigenvalue weighted by molar-refractivity contribution is 5.84. The number of benzene rings is 1. The number of halogens is 4. The van der Waals surface area contributed by atoms with Crippen LogP contribution in [-0.2, 0) is 7.05 Å². The molecule has 4 heterocycles. The lowest BCUT2D eigenvalue weighted by molar-refractivity contribution is -0.154. The Morgan fingerprint density at radius 2 is 1.82 bits per heavy atom. The summed E-state index contributed by atoms with van der Waals surface area (Å²) < 4.78 is 58.7. The Kier molecular flexibility index (Phi) is 5.00. The van der Waals surface area contributed by atoms with E-state index in [9.17, 15) is 22.4 Å².